The van der Waals surface area contributed by atoms with E-state index in [4.69, 9.17) is 9.84 Å². The SMILES string of the molecule is C=CCC[C@@H](O)CN(Cc1c(-c2ccccc2)nn(C)c1Oc1ccccc1F)CC(C)C. The number of aliphatic hydroxyl groups is 1. The van der Waals surface area contributed by atoms with Gasteiger partial charge in [0.2, 0.25) is 5.88 Å². The summed E-state index contributed by atoms with van der Waals surface area (Å²) < 4.78 is 22.1. The highest BCUT2D eigenvalue weighted by atomic mass is 19.1. The molecule has 2 aromatic carbocycles. The molecule has 0 bridgehead atoms. The van der Waals surface area contributed by atoms with Gasteiger partial charge >= 0.3 is 0 Å². The Balaban J connectivity index is 2.00. The van der Waals surface area contributed by atoms with Crippen molar-refractivity contribution in [1.29, 1.82) is 0 Å². The highest BCUT2D eigenvalue weighted by Gasteiger charge is 2.24. The number of nitrogens with zero attached hydrogens (tertiary/aromatic N) is 3. The van der Waals surface area contributed by atoms with Crippen LogP contribution < -0.4 is 4.74 Å². The summed E-state index contributed by atoms with van der Waals surface area (Å²) in [5, 5.41) is 15.3. The highest BCUT2D eigenvalue weighted by molar-refractivity contribution is 5.65. The minimum atomic E-state index is -0.463. The summed E-state index contributed by atoms with van der Waals surface area (Å²) in [4.78, 5) is 2.22. The van der Waals surface area contributed by atoms with Crippen LogP contribution in [0.25, 0.3) is 11.3 Å². The van der Waals surface area contributed by atoms with Crippen LogP contribution in [-0.2, 0) is 13.6 Å². The van der Waals surface area contributed by atoms with Gasteiger partial charge in [-0.05, 0) is 30.9 Å². The molecule has 0 radical (unpaired) electrons. The van der Waals surface area contributed by atoms with Gasteiger partial charge in [-0.1, -0.05) is 62.4 Å². The molecule has 0 fully saturated rings. The smallest absolute Gasteiger partial charge is 0.222 e. The van der Waals surface area contributed by atoms with E-state index in [1.54, 1.807) is 29.9 Å². The molecule has 0 saturated carbocycles. The summed E-state index contributed by atoms with van der Waals surface area (Å²) in [5.74, 6) is 0.630. The van der Waals surface area contributed by atoms with Crippen molar-refractivity contribution in [2.45, 2.75) is 39.3 Å². The molecule has 0 amide bonds. The summed E-state index contributed by atoms with van der Waals surface area (Å²) in [6, 6.07) is 16.3. The van der Waals surface area contributed by atoms with E-state index in [9.17, 15) is 9.50 Å². The first-order chi connectivity index (χ1) is 15.9. The molecule has 5 nitrogen and oxygen atoms in total. The summed E-state index contributed by atoms with van der Waals surface area (Å²) in [7, 11) is 1.80. The van der Waals surface area contributed by atoms with E-state index in [0.29, 0.717) is 31.3 Å². The molecule has 33 heavy (non-hydrogen) atoms. The first-order valence-electron chi connectivity index (χ1n) is 11.4. The van der Waals surface area contributed by atoms with Crippen molar-refractivity contribution in [3.05, 3.63) is 78.6 Å². The Morgan fingerprint density at radius 2 is 1.82 bits per heavy atom. The monoisotopic (exact) mass is 451 g/mol. The van der Waals surface area contributed by atoms with Crippen LogP contribution in [0, 0.1) is 11.7 Å². The minimum Gasteiger partial charge on any atom is -0.436 e. The second kappa shape index (κ2) is 11.8. The number of hydrogen-bond donors (Lipinski definition) is 1. The van der Waals surface area contributed by atoms with Gasteiger partial charge < -0.3 is 9.84 Å². The van der Waals surface area contributed by atoms with Crippen molar-refractivity contribution in [3.63, 3.8) is 0 Å². The Kier molecular flexibility index (Phi) is 8.80. The Bertz CT molecular complexity index is 1030. The number of halogens is 1. The Morgan fingerprint density at radius 3 is 2.48 bits per heavy atom. The van der Waals surface area contributed by atoms with Crippen molar-refractivity contribution in [3.8, 4) is 22.9 Å². The predicted octanol–water partition coefficient (Wildman–Crippen LogP) is 5.80. The molecule has 1 N–H and O–H groups in total. The normalized spacial score (nSPS) is 12.3. The molecule has 1 atom stereocenters. The number of ether oxygens (including phenoxy) is 1. The van der Waals surface area contributed by atoms with Gasteiger partial charge in [0.15, 0.2) is 11.6 Å². The lowest BCUT2D eigenvalue weighted by atomic mass is 10.1. The number of rotatable bonds is 12. The molecule has 0 aliphatic heterocycles. The molecule has 0 saturated heterocycles. The molecule has 1 aromatic heterocycles. The van der Waals surface area contributed by atoms with Crippen molar-refractivity contribution in [1.82, 2.24) is 14.7 Å². The first-order valence-corrected chi connectivity index (χ1v) is 11.4. The lowest BCUT2D eigenvalue weighted by Gasteiger charge is -2.27. The van der Waals surface area contributed by atoms with Crippen LogP contribution in [-0.4, -0.2) is 39.0 Å². The zero-order chi connectivity index (χ0) is 23.8. The quantitative estimate of drug-likeness (QED) is 0.354. The zero-order valence-electron chi connectivity index (χ0n) is 19.7. The number of aliphatic hydroxyl groups excluding tert-OH is 1. The van der Waals surface area contributed by atoms with E-state index in [-0.39, 0.29) is 5.75 Å². The van der Waals surface area contributed by atoms with Gasteiger partial charge in [-0.25, -0.2) is 9.07 Å². The summed E-state index contributed by atoms with van der Waals surface area (Å²) in [5.41, 5.74) is 2.62. The average Bonchev–Trinajstić information content (AvgIpc) is 3.09. The van der Waals surface area contributed by atoms with Crippen molar-refractivity contribution < 1.29 is 14.2 Å². The van der Waals surface area contributed by atoms with Crippen LogP contribution in [0.4, 0.5) is 4.39 Å². The highest BCUT2D eigenvalue weighted by Crippen LogP contribution is 2.35. The zero-order valence-corrected chi connectivity index (χ0v) is 19.7. The van der Waals surface area contributed by atoms with Gasteiger partial charge in [-0.2, -0.15) is 5.10 Å². The van der Waals surface area contributed by atoms with Crippen molar-refractivity contribution in [2.24, 2.45) is 13.0 Å². The molecule has 6 heteroatoms. The van der Waals surface area contributed by atoms with Crippen LogP contribution in [0.2, 0.25) is 0 Å². The van der Waals surface area contributed by atoms with E-state index in [1.807, 2.05) is 36.4 Å². The molecule has 1 heterocycles. The number of allylic oxidation sites excluding steroid dienone is 1. The molecular weight excluding hydrogens is 417 g/mol. The molecule has 0 aliphatic rings. The van der Waals surface area contributed by atoms with E-state index in [2.05, 4.69) is 25.3 Å². The molecule has 3 aromatic rings. The van der Waals surface area contributed by atoms with Crippen LogP contribution in [0.15, 0.2) is 67.3 Å². The lowest BCUT2D eigenvalue weighted by molar-refractivity contribution is 0.0953. The maximum Gasteiger partial charge on any atom is 0.222 e. The fraction of sp³-hybridized carbons (Fsp3) is 0.370. The standard InChI is InChI=1S/C27H34FN3O2/c1-5-6-14-22(32)18-31(17-20(2)3)19-23-26(21-12-8-7-9-13-21)29-30(4)27(23)33-25-16-11-10-15-24(25)28/h5,7-13,15-16,20,22,32H,1,6,14,17-19H2,2-4H3/t22-/m1/s1. The van der Waals surface area contributed by atoms with E-state index in [1.165, 1.54) is 6.07 Å². The third kappa shape index (κ3) is 6.76. The Labute approximate surface area is 196 Å². The Hall–Kier alpha value is -2.96. The largest absolute Gasteiger partial charge is 0.436 e. The summed E-state index contributed by atoms with van der Waals surface area (Å²) >= 11 is 0. The minimum absolute atomic E-state index is 0.155. The van der Waals surface area contributed by atoms with Gasteiger partial charge in [0.25, 0.3) is 0 Å². The van der Waals surface area contributed by atoms with Gasteiger partial charge in [-0.3, -0.25) is 4.90 Å². The third-order valence-electron chi connectivity index (χ3n) is 5.36. The number of aromatic nitrogens is 2. The fourth-order valence-corrected chi connectivity index (χ4v) is 3.93. The summed E-state index contributed by atoms with van der Waals surface area (Å²) in [6.07, 6.45) is 2.79. The molecule has 0 unspecified atom stereocenters. The van der Waals surface area contributed by atoms with Crippen LogP contribution in [0.3, 0.4) is 0 Å². The number of aryl methyl sites for hydroxylation is 1. The fourth-order valence-electron chi connectivity index (χ4n) is 3.93. The number of hydrogen-bond acceptors (Lipinski definition) is 4. The Morgan fingerprint density at radius 1 is 1.12 bits per heavy atom. The van der Waals surface area contributed by atoms with Crippen LogP contribution in [0.5, 0.6) is 11.6 Å². The third-order valence-corrected chi connectivity index (χ3v) is 5.36. The lowest BCUT2D eigenvalue weighted by Crippen LogP contribution is -2.35. The van der Waals surface area contributed by atoms with E-state index in [0.717, 1.165) is 29.8 Å². The van der Waals surface area contributed by atoms with Gasteiger partial charge in [-0.15, -0.1) is 6.58 Å². The van der Waals surface area contributed by atoms with Crippen molar-refractivity contribution >= 4 is 0 Å². The van der Waals surface area contributed by atoms with Crippen LogP contribution >= 0.6 is 0 Å². The van der Waals surface area contributed by atoms with E-state index < -0.39 is 11.9 Å². The summed E-state index contributed by atoms with van der Waals surface area (Å²) in [6.45, 7) is 9.90. The van der Waals surface area contributed by atoms with Crippen molar-refractivity contribution in [2.75, 3.05) is 13.1 Å². The molecule has 0 aliphatic carbocycles. The van der Waals surface area contributed by atoms with Gasteiger partial charge in [0.05, 0.1) is 11.7 Å². The molecule has 176 valence electrons. The number of para-hydroxylation sites is 1. The predicted molar refractivity (Wildman–Crippen MR) is 131 cm³/mol. The molecular formula is C27H34FN3O2. The molecule has 3 rings (SSSR count). The average molecular weight is 452 g/mol. The topological polar surface area (TPSA) is 50.5 Å². The molecule has 0 spiro atoms. The maximum absolute atomic E-state index is 14.4. The maximum atomic E-state index is 14.4. The van der Waals surface area contributed by atoms with E-state index >= 15 is 0 Å². The first kappa shape index (κ1) is 24.7. The second-order valence-corrected chi connectivity index (χ2v) is 8.76. The number of benzene rings is 2. The second-order valence-electron chi connectivity index (χ2n) is 8.76. The van der Waals surface area contributed by atoms with Crippen LogP contribution in [0.1, 0.15) is 32.3 Å². The van der Waals surface area contributed by atoms with Gasteiger partial charge in [0.1, 0.15) is 5.69 Å². The van der Waals surface area contributed by atoms with Gasteiger partial charge in [0, 0.05) is 32.2 Å².